The largest absolute Gasteiger partial charge is 0.480 e. The van der Waals surface area contributed by atoms with Crippen molar-refractivity contribution in [3.05, 3.63) is 27.6 Å². The number of rotatable bonds is 3. The van der Waals surface area contributed by atoms with Crippen LogP contribution in [-0.2, 0) is 11.3 Å². The van der Waals surface area contributed by atoms with Crippen LogP contribution in [0.5, 0.6) is 0 Å². The van der Waals surface area contributed by atoms with Crippen LogP contribution in [0.3, 0.4) is 0 Å². The zero-order valence-electron chi connectivity index (χ0n) is 11.8. The molecule has 6 nitrogen and oxygen atoms in total. The van der Waals surface area contributed by atoms with E-state index in [-0.39, 0.29) is 5.56 Å². The van der Waals surface area contributed by atoms with Crippen LogP contribution >= 0.6 is 11.3 Å². The number of thiophene rings is 1. The van der Waals surface area contributed by atoms with Gasteiger partial charge in [-0.05, 0) is 44.2 Å². The average Bonchev–Trinajstić information content (AvgIpc) is 2.90. The Morgan fingerprint density at radius 1 is 1.57 bits per heavy atom. The second-order valence-corrected chi connectivity index (χ2v) is 6.52. The van der Waals surface area contributed by atoms with Crippen LogP contribution in [-0.4, -0.2) is 38.0 Å². The van der Waals surface area contributed by atoms with Crippen molar-refractivity contribution in [2.45, 2.75) is 38.3 Å². The van der Waals surface area contributed by atoms with Crippen molar-refractivity contribution in [3.8, 4) is 0 Å². The molecule has 7 heteroatoms. The predicted octanol–water partition coefficient (Wildman–Crippen LogP) is 1.81. The molecule has 21 heavy (non-hydrogen) atoms. The number of carboxylic acids is 1. The molecule has 112 valence electrons. The number of likely N-dealkylation sites (tertiary alicyclic amines) is 1. The van der Waals surface area contributed by atoms with Gasteiger partial charge in [0, 0.05) is 0 Å². The van der Waals surface area contributed by atoms with E-state index in [9.17, 15) is 14.7 Å². The highest BCUT2D eigenvalue weighted by Crippen LogP contribution is 2.29. The van der Waals surface area contributed by atoms with Gasteiger partial charge in [-0.1, -0.05) is 0 Å². The van der Waals surface area contributed by atoms with Crippen molar-refractivity contribution in [1.82, 2.24) is 14.9 Å². The molecule has 0 amide bonds. The quantitative estimate of drug-likeness (QED) is 0.903. The first-order chi connectivity index (χ1) is 10.0. The number of fused-ring (bicyclic) bond motifs is 1. The van der Waals surface area contributed by atoms with Gasteiger partial charge in [0.25, 0.3) is 5.56 Å². The maximum atomic E-state index is 12.0. The highest BCUT2D eigenvalue weighted by atomic mass is 32.1. The number of hydrogen-bond acceptors (Lipinski definition) is 5. The number of piperidine rings is 1. The highest BCUT2D eigenvalue weighted by molar-refractivity contribution is 7.17. The molecule has 3 heterocycles. The summed E-state index contributed by atoms with van der Waals surface area (Å²) in [5.41, 5.74) is -0.368. The molecule has 1 aliphatic rings. The standard InChI is InChI=1S/C14H17N3O3S/c1-14(13(19)20)5-2-3-6-17(14)8-10-15-9-4-7-21-11(9)12(18)16-10/h4,7H,2-3,5-6,8H2,1H3,(H,19,20)(H,15,16,18). The molecule has 0 aliphatic carbocycles. The third-order valence-electron chi connectivity index (χ3n) is 4.20. The molecular formula is C14H17N3O3S. The summed E-state index contributed by atoms with van der Waals surface area (Å²) in [5, 5.41) is 11.3. The number of nitrogens with zero attached hydrogens (tertiary/aromatic N) is 2. The first-order valence-electron chi connectivity index (χ1n) is 6.95. The number of hydrogen-bond donors (Lipinski definition) is 2. The molecule has 1 atom stereocenters. The Kier molecular flexibility index (Phi) is 3.54. The predicted molar refractivity (Wildman–Crippen MR) is 80.5 cm³/mol. The monoisotopic (exact) mass is 307 g/mol. The topological polar surface area (TPSA) is 86.3 Å². The minimum Gasteiger partial charge on any atom is -0.480 e. The molecule has 2 aromatic rings. The summed E-state index contributed by atoms with van der Waals surface area (Å²) in [7, 11) is 0. The summed E-state index contributed by atoms with van der Waals surface area (Å²) in [5.74, 6) is -0.290. The van der Waals surface area contributed by atoms with E-state index >= 15 is 0 Å². The normalized spacial score (nSPS) is 23.5. The van der Waals surface area contributed by atoms with Crippen LogP contribution in [0, 0.1) is 0 Å². The van der Waals surface area contributed by atoms with Crippen LogP contribution in [0.15, 0.2) is 16.2 Å². The van der Waals surface area contributed by atoms with Crippen molar-refractivity contribution in [2.24, 2.45) is 0 Å². The molecular weight excluding hydrogens is 290 g/mol. The van der Waals surface area contributed by atoms with Crippen LogP contribution < -0.4 is 5.56 Å². The van der Waals surface area contributed by atoms with Crippen LogP contribution in [0.2, 0.25) is 0 Å². The van der Waals surface area contributed by atoms with Crippen molar-refractivity contribution >= 4 is 27.5 Å². The molecule has 0 radical (unpaired) electrons. The summed E-state index contributed by atoms with van der Waals surface area (Å²) < 4.78 is 0.610. The second kappa shape index (κ2) is 5.23. The van der Waals surface area contributed by atoms with Crippen LogP contribution in [0.1, 0.15) is 32.0 Å². The third kappa shape index (κ3) is 2.47. The summed E-state index contributed by atoms with van der Waals surface area (Å²) in [6.45, 7) is 2.80. The third-order valence-corrected chi connectivity index (χ3v) is 5.11. The fourth-order valence-electron chi connectivity index (χ4n) is 2.85. The number of carboxylic acid groups (broad SMARTS) is 1. The molecule has 0 saturated carbocycles. The lowest BCUT2D eigenvalue weighted by molar-refractivity contribution is -0.153. The number of aromatic amines is 1. The molecule has 1 fully saturated rings. The lowest BCUT2D eigenvalue weighted by atomic mass is 9.88. The van der Waals surface area contributed by atoms with Gasteiger partial charge in [-0.2, -0.15) is 0 Å². The minimum atomic E-state index is -0.888. The van der Waals surface area contributed by atoms with E-state index in [2.05, 4.69) is 9.97 Å². The zero-order valence-corrected chi connectivity index (χ0v) is 12.6. The molecule has 1 aliphatic heterocycles. The van der Waals surface area contributed by atoms with Gasteiger partial charge in [-0.25, -0.2) is 4.98 Å². The Labute approximate surface area is 125 Å². The summed E-state index contributed by atoms with van der Waals surface area (Å²) in [4.78, 5) is 32.7. The Morgan fingerprint density at radius 2 is 2.38 bits per heavy atom. The van der Waals surface area contributed by atoms with E-state index in [4.69, 9.17) is 0 Å². The van der Waals surface area contributed by atoms with Gasteiger partial charge in [-0.3, -0.25) is 14.5 Å². The molecule has 1 saturated heterocycles. The smallest absolute Gasteiger partial charge is 0.323 e. The first-order valence-corrected chi connectivity index (χ1v) is 7.83. The second-order valence-electron chi connectivity index (χ2n) is 5.61. The summed E-state index contributed by atoms with van der Waals surface area (Å²) >= 11 is 1.36. The Bertz CT molecular complexity index is 738. The molecule has 2 N–H and O–H groups in total. The summed E-state index contributed by atoms with van der Waals surface area (Å²) in [6.07, 6.45) is 2.49. The van der Waals surface area contributed by atoms with E-state index < -0.39 is 11.5 Å². The summed E-state index contributed by atoms with van der Waals surface area (Å²) in [6, 6.07) is 1.81. The number of aliphatic carboxylic acids is 1. The van der Waals surface area contributed by atoms with Crippen molar-refractivity contribution in [1.29, 1.82) is 0 Å². The SMILES string of the molecule is CC1(C(=O)O)CCCCN1Cc1nc2ccsc2c(=O)[nH]1. The Balaban J connectivity index is 1.93. The number of carbonyl (C=O) groups is 1. The van der Waals surface area contributed by atoms with Gasteiger partial charge in [0.1, 0.15) is 16.1 Å². The Morgan fingerprint density at radius 3 is 3.14 bits per heavy atom. The van der Waals surface area contributed by atoms with Crippen molar-refractivity contribution < 1.29 is 9.90 Å². The van der Waals surface area contributed by atoms with Crippen molar-refractivity contribution in [2.75, 3.05) is 6.54 Å². The maximum Gasteiger partial charge on any atom is 0.323 e. The molecule has 0 bridgehead atoms. The van der Waals surface area contributed by atoms with Gasteiger partial charge in [0.2, 0.25) is 0 Å². The Hall–Kier alpha value is -1.73. The van der Waals surface area contributed by atoms with Crippen LogP contribution in [0.4, 0.5) is 0 Å². The van der Waals surface area contributed by atoms with E-state index in [1.807, 2.05) is 16.3 Å². The molecule has 0 spiro atoms. The van der Waals surface area contributed by atoms with Gasteiger partial charge in [-0.15, -0.1) is 11.3 Å². The van der Waals surface area contributed by atoms with Gasteiger partial charge in [0.15, 0.2) is 0 Å². The number of nitrogens with one attached hydrogen (secondary N) is 1. The number of H-pyrrole nitrogens is 1. The van der Waals surface area contributed by atoms with E-state index in [0.717, 1.165) is 12.8 Å². The molecule has 1 unspecified atom stereocenters. The van der Waals surface area contributed by atoms with E-state index in [1.165, 1.54) is 11.3 Å². The molecule has 0 aromatic carbocycles. The van der Waals surface area contributed by atoms with Crippen molar-refractivity contribution in [3.63, 3.8) is 0 Å². The first kappa shape index (κ1) is 14.2. The molecule has 3 rings (SSSR count). The fourth-order valence-corrected chi connectivity index (χ4v) is 3.58. The van der Waals surface area contributed by atoms with Gasteiger partial charge < -0.3 is 10.1 Å². The molecule has 2 aromatic heterocycles. The van der Waals surface area contributed by atoms with E-state index in [1.54, 1.807) is 6.92 Å². The maximum absolute atomic E-state index is 12.0. The highest BCUT2D eigenvalue weighted by Gasteiger charge is 2.41. The lowest BCUT2D eigenvalue weighted by Gasteiger charge is -2.41. The van der Waals surface area contributed by atoms with Gasteiger partial charge >= 0.3 is 5.97 Å². The minimum absolute atomic E-state index is 0.154. The average molecular weight is 307 g/mol. The number of aromatic nitrogens is 2. The van der Waals surface area contributed by atoms with Gasteiger partial charge in [0.05, 0.1) is 12.1 Å². The van der Waals surface area contributed by atoms with E-state index in [0.29, 0.717) is 35.6 Å². The van der Waals surface area contributed by atoms with Crippen LogP contribution in [0.25, 0.3) is 10.2 Å². The lowest BCUT2D eigenvalue weighted by Crippen LogP contribution is -2.54. The zero-order chi connectivity index (χ0) is 15.0. The fraction of sp³-hybridized carbons (Fsp3) is 0.500.